The van der Waals surface area contributed by atoms with Gasteiger partial charge in [-0.15, -0.1) is 0 Å². The summed E-state index contributed by atoms with van der Waals surface area (Å²) in [5.74, 6) is 0.317. The van der Waals surface area contributed by atoms with Gasteiger partial charge in [0.15, 0.2) is 5.65 Å². The Kier molecular flexibility index (Phi) is 6.62. The maximum absolute atomic E-state index is 14.3. The highest BCUT2D eigenvalue weighted by atomic mass is 35.5. The lowest BCUT2D eigenvalue weighted by atomic mass is 10.1. The van der Waals surface area contributed by atoms with Crippen LogP contribution in [0.3, 0.4) is 0 Å². The van der Waals surface area contributed by atoms with Gasteiger partial charge in [-0.05, 0) is 54.6 Å². The SMILES string of the molecule is COc1ccc(-c2cc(C(=O)N3CCN(c4ccccc4F)CC3)n3nc(-c4ccc(Cl)cc4)cc3n2)cc1. The van der Waals surface area contributed by atoms with Crippen LogP contribution in [0.15, 0.2) is 84.9 Å². The molecule has 3 heterocycles. The molecule has 0 bridgehead atoms. The highest BCUT2D eigenvalue weighted by Gasteiger charge is 2.26. The molecule has 2 aromatic heterocycles. The van der Waals surface area contributed by atoms with Crippen LogP contribution in [0.4, 0.5) is 10.1 Å². The fraction of sp³-hybridized carbons (Fsp3) is 0.167. The number of rotatable bonds is 5. The van der Waals surface area contributed by atoms with Gasteiger partial charge in [-0.3, -0.25) is 4.79 Å². The van der Waals surface area contributed by atoms with E-state index < -0.39 is 0 Å². The molecule has 9 heteroatoms. The Morgan fingerprint density at radius 3 is 2.23 bits per heavy atom. The Bertz CT molecular complexity index is 1650. The number of piperazine rings is 1. The molecule has 1 aliphatic rings. The summed E-state index contributed by atoms with van der Waals surface area (Å²) in [6.07, 6.45) is 0. The van der Waals surface area contributed by atoms with E-state index in [1.165, 1.54) is 6.07 Å². The van der Waals surface area contributed by atoms with Gasteiger partial charge >= 0.3 is 0 Å². The molecule has 196 valence electrons. The van der Waals surface area contributed by atoms with E-state index in [-0.39, 0.29) is 11.7 Å². The second-order valence-electron chi connectivity index (χ2n) is 9.29. The molecule has 6 rings (SSSR count). The minimum Gasteiger partial charge on any atom is -0.497 e. The Morgan fingerprint density at radius 2 is 1.54 bits per heavy atom. The van der Waals surface area contributed by atoms with E-state index in [2.05, 4.69) is 0 Å². The molecule has 1 fully saturated rings. The van der Waals surface area contributed by atoms with Crippen molar-refractivity contribution in [2.75, 3.05) is 38.2 Å². The molecule has 1 amide bonds. The van der Waals surface area contributed by atoms with E-state index >= 15 is 0 Å². The molecule has 39 heavy (non-hydrogen) atoms. The summed E-state index contributed by atoms with van der Waals surface area (Å²) in [6.45, 7) is 1.98. The predicted molar refractivity (Wildman–Crippen MR) is 150 cm³/mol. The zero-order chi connectivity index (χ0) is 26.9. The van der Waals surface area contributed by atoms with Gasteiger partial charge in [0.05, 0.1) is 24.2 Å². The molecule has 0 aliphatic carbocycles. The van der Waals surface area contributed by atoms with Crippen molar-refractivity contribution in [3.63, 3.8) is 0 Å². The van der Waals surface area contributed by atoms with Gasteiger partial charge in [0, 0.05) is 48.4 Å². The second-order valence-corrected chi connectivity index (χ2v) is 9.73. The van der Waals surface area contributed by atoms with Gasteiger partial charge < -0.3 is 14.5 Å². The van der Waals surface area contributed by atoms with Gasteiger partial charge in [0.1, 0.15) is 17.3 Å². The number of hydrogen-bond donors (Lipinski definition) is 0. The monoisotopic (exact) mass is 541 g/mol. The number of para-hydroxylation sites is 1. The molecule has 1 aliphatic heterocycles. The van der Waals surface area contributed by atoms with Crippen molar-refractivity contribution < 1.29 is 13.9 Å². The molecule has 0 radical (unpaired) electrons. The average Bonchev–Trinajstić information content (AvgIpc) is 3.41. The molecule has 0 atom stereocenters. The maximum atomic E-state index is 14.3. The quantitative estimate of drug-likeness (QED) is 0.280. The van der Waals surface area contributed by atoms with Crippen LogP contribution >= 0.6 is 11.6 Å². The van der Waals surface area contributed by atoms with Crippen LogP contribution < -0.4 is 9.64 Å². The molecule has 0 N–H and O–H groups in total. The molecular weight excluding hydrogens is 517 g/mol. The third kappa shape index (κ3) is 4.91. The number of amides is 1. The Balaban J connectivity index is 1.36. The van der Waals surface area contributed by atoms with Crippen molar-refractivity contribution in [2.45, 2.75) is 0 Å². The Labute approximate surface area is 230 Å². The summed E-state index contributed by atoms with van der Waals surface area (Å²) in [5.41, 5.74) is 4.58. The van der Waals surface area contributed by atoms with Crippen molar-refractivity contribution in [2.24, 2.45) is 0 Å². The van der Waals surface area contributed by atoms with Crippen LogP contribution in [-0.4, -0.2) is 58.7 Å². The smallest absolute Gasteiger partial charge is 0.272 e. The number of anilines is 1. The van der Waals surface area contributed by atoms with Gasteiger partial charge in [0.25, 0.3) is 5.91 Å². The van der Waals surface area contributed by atoms with E-state index in [4.69, 9.17) is 26.4 Å². The third-order valence-corrected chi connectivity index (χ3v) is 7.18. The van der Waals surface area contributed by atoms with Crippen molar-refractivity contribution in [1.29, 1.82) is 0 Å². The summed E-state index contributed by atoms with van der Waals surface area (Å²) in [6, 6.07) is 25.3. The van der Waals surface area contributed by atoms with E-state index in [1.54, 1.807) is 46.9 Å². The number of carbonyl (C=O) groups is 1. The highest BCUT2D eigenvalue weighted by Crippen LogP contribution is 2.27. The summed E-state index contributed by atoms with van der Waals surface area (Å²) < 4.78 is 21.2. The van der Waals surface area contributed by atoms with Gasteiger partial charge in [-0.2, -0.15) is 5.10 Å². The number of hydrogen-bond acceptors (Lipinski definition) is 5. The largest absolute Gasteiger partial charge is 0.497 e. The Hall–Kier alpha value is -4.43. The molecule has 1 saturated heterocycles. The molecule has 3 aromatic carbocycles. The van der Waals surface area contributed by atoms with E-state index in [9.17, 15) is 9.18 Å². The van der Waals surface area contributed by atoms with Crippen LogP contribution in [0.1, 0.15) is 10.5 Å². The summed E-state index contributed by atoms with van der Waals surface area (Å²) in [5, 5.41) is 5.38. The van der Waals surface area contributed by atoms with E-state index in [1.807, 2.05) is 53.4 Å². The lowest BCUT2D eigenvalue weighted by molar-refractivity contribution is 0.0737. The lowest BCUT2D eigenvalue weighted by Gasteiger charge is -2.36. The number of benzene rings is 3. The summed E-state index contributed by atoms with van der Waals surface area (Å²) in [4.78, 5) is 22.5. The van der Waals surface area contributed by atoms with Crippen LogP contribution in [0, 0.1) is 5.82 Å². The van der Waals surface area contributed by atoms with Crippen LogP contribution in [-0.2, 0) is 0 Å². The molecular formula is C30H25ClFN5O2. The number of halogens is 2. The number of methoxy groups -OCH3 is 1. The number of nitrogens with zero attached hydrogens (tertiary/aromatic N) is 5. The molecule has 0 saturated carbocycles. The van der Waals surface area contributed by atoms with Gasteiger partial charge in [-0.1, -0.05) is 35.9 Å². The number of carbonyl (C=O) groups excluding carboxylic acids is 1. The van der Waals surface area contributed by atoms with E-state index in [0.29, 0.717) is 59.6 Å². The van der Waals surface area contributed by atoms with Crippen LogP contribution in [0.2, 0.25) is 5.02 Å². The first-order valence-electron chi connectivity index (χ1n) is 12.6. The predicted octanol–water partition coefficient (Wildman–Crippen LogP) is 5.83. The summed E-state index contributed by atoms with van der Waals surface area (Å²) in [7, 11) is 1.62. The molecule has 0 unspecified atom stereocenters. The van der Waals surface area contributed by atoms with Gasteiger partial charge in [-0.25, -0.2) is 13.9 Å². The summed E-state index contributed by atoms with van der Waals surface area (Å²) >= 11 is 6.08. The fourth-order valence-electron chi connectivity index (χ4n) is 4.82. The average molecular weight is 542 g/mol. The van der Waals surface area contributed by atoms with Crippen molar-refractivity contribution in [3.8, 4) is 28.3 Å². The maximum Gasteiger partial charge on any atom is 0.272 e. The zero-order valence-corrected chi connectivity index (χ0v) is 22.0. The topological polar surface area (TPSA) is 63.0 Å². The number of ether oxygens (including phenoxy) is 1. The first-order valence-corrected chi connectivity index (χ1v) is 13.0. The van der Waals surface area contributed by atoms with E-state index in [0.717, 1.165) is 16.9 Å². The molecule has 5 aromatic rings. The van der Waals surface area contributed by atoms with Crippen molar-refractivity contribution >= 4 is 28.8 Å². The van der Waals surface area contributed by atoms with Crippen LogP contribution in [0.25, 0.3) is 28.2 Å². The van der Waals surface area contributed by atoms with Crippen molar-refractivity contribution in [1.82, 2.24) is 19.5 Å². The minimum atomic E-state index is -0.261. The molecule has 7 nitrogen and oxygen atoms in total. The first kappa shape index (κ1) is 24.9. The number of fused-ring (bicyclic) bond motifs is 1. The van der Waals surface area contributed by atoms with Crippen LogP contribution in [0.5, 0.6) is 5.75 Å². The third-order valence-electron chi connectivity index (χ3n) is 6.93. The second kappa shape index (κ2) is 10.4. The zero-order valence-electron chi connectivity index (χ0n) is 21.2. The fourth-order valence-corrected chi connectivity index (χ4v) is 4.94. The normalized spacial score (nSPS) is 13.6. The standard InChI is InChI=1S/C30H25ClFN5O2/c1-39-23-12-8-20(9-13-23)25-18-28(37-29(33-25)19-26(34-37)21-6-10-22(31)11-7-21)30(38)36-16-14-35(15-17-36)27-5-3-2-4-24(27)32/h2-13,18-19H,14-17H2,1H3. The minimum absolute atomic E-state index is 0.156. The Morgan fingerprint density at radius 1 is 0.872 bits per heavy atom. The molecule has 0 spiro atoms. The highest BCUT2D eigenvalue weighted by molar-refractivity contribution is 6.30. The van der Waals surface area contributed by atoms with Crippen molar-refractivity contribution in [3.05, 3.63) is 101 Å². The first-order chi connectivity index (χ1) is 19.0. The lowest BCUT2D eigenvalue weighted by Crippen LogP contribution is -2.49. The number of aromatic nitrogens is 3. The van der Waals surface area contributed by atoms with Gasteiger partial charge in [0.2, 0.25) is 0 Å².